The van der Waals surface area contributed by atoms with Gasteiger partial charge in [0.05, 0.1) is 0 Å². The second-order valence-corrected chi connectivity index (χ2v) is 9.43. The van der Waals surface area contributed by atoms with Gasteiger partial charge < -0.3 is 25.4 Å². The van der Waals surface area contributed by atoms with E-state index in [0.29, 0.717) is 16.9 Å². The van der Waals surface area contributed by atoms with Crippen LogP contribution in [-0.4, -0.2) is 62.7 Å². The summed E-state index contributed by atoms with van der Waals surface area (Å²) in [6.07, 6.45) is -0.771. The molecule has 31 heavy (non-hydrogen) atoms. The van der Waals surface area contributed by atoms with Crippen LogP contribution in [0.3, 0.4) is 0 Å². The highest BCUT2D eigenvalue weighted by Gasteiger charge is 2.56. The van der Waals surface area contributed by atoms with Gasteiger partial charge in [0.15, 0.2) is 6.04 Å². The van der Waals surface area contributed by atoms with E-state index < -0.39 is 53.0 Å². The molecule has 1 aromatic carbocycles. The van der Waals surface area contributed by atoms with E-state index in [0.717, 1.165) is 0 Å². The predicted molar refractivity (Wildman–Crippen MR) is 114 cm³/mol. The molecule has 0 aromatic heterocycles. The van der Waals surface area contributed by atoms with Crippen LogP contribution in [0, 0.1) is 0 Å². The van der Waals surface area contributed by atoms with Crippen LogP contribution in [-0.2, 0) is 19.1 Å². The molecule has 0 aliphatic carbocycles. The number of carboxylic acids is 1. The van der Waals surface area contributed by atoms with Gasteiger partial charge in [0.25, 0.3) is 0 Å². The molecular formula is C21H25N3O6S. The van der Waals surface area contributed by atoms with Gasteiger partial charge in [-0.25, -0.2) is 9.59 Å². The van der Waals surface area contributed by atoms with Crippen LogP contribution in [0.5, 0.6) is 0 Å². The van der Waals surface area contributed by atoms with Crippen LogP contribution < -0.4 is 10.6 Å². The standard InChI is InChI=1S/C21H25N3O6S/c1-11-10-31-18-14(17(26)24(18)15(11)19(27)28)22-16(25)13(12-8-6-5-7-9-12)23-20(29)30-21(2,3)4/h5-9,13-15,18H,1,10H2,2-4H3,(H,22,25)(H,23,29)(H,27,28)/t13?,14-,15-,18+/m1/s1. The number of aliphatic carboxylic acids is 1. The first-order valence-electron chi connectivity index (χ1n) is 9.68. The molecule has 0 spiro atoms. The van der Waals surface area contributed by atoms with Gasteiger partial charge in [-0.2, -0.15) is 0 Å². The Morgan fingerprint density at radius 3 is 2.48 bits per heavy atom. The van der Waals surface area contributed by atoms with Crippen molar-refractivity contribution in [3.63, 3.8) is 0 Å². The number of nitrogens with zero attached hydrogens (tertiary/aromatic N) is 1. The number of carbonyl (C=O) groups is 4. The summed E-state index contributed by atoms with van der Waals surface area (Å²) >= 11 is 1.34. The molecule has 2 aliphatic heterocycles. The third-order valence-corrected chi connectivity index (χ3v) is 6.15. The van der Waals surface area contributed by atoms with E-state index in [2.05, 4.69) is 17.2 Å². The van der Waals surface area contributed by atoms with E-state index in [9.17, 15) is 24.3 Å². The summed E-state index contributed by atoms with van der Waals surface area (Å²) < 4.78 is 5.26. The van der Waals surface area contributed by atoms with Gasteiger partial charge in [0.1, 0.15) is 23.1 Å². The van der Waals surface area contributed by atoms with Gasteiger partial charge in [0.2, 0.25) is 11.8 Å². The third-order valence-electron chi connectivity index (χ3n) is 4.77. The molecule has 3 N–H and O–H groups in total. The minimum Gasteiger partial charge on any atom is -0.479 e. The Morgan fingerprint density at radius 2 is 1.90 bits per heavy atom. The lowest BCUT2D eigenvalue weighted by Crippen LogP contribution is -2.75. The molecule has 0 radical (unpaired) electrons. The quantitative estimate of drug-likeness (QED) is 0.463. The van der Waals surface area contributed by atoms with Gasteiger partial charge in [-0.3, -0.25) is 9.59 Å². The summed E-state index contributed by atoms with van der Waals surface area (Å²) in [5.74, 6) is -1.87. The second kappa shape index (κ2) is 8.62. The molecule has 3 rings (SSSR count). The van der Waals surface area contributed by atoms with E-state index in [4.69, 9.17) is 4.74 Å². The van der Waals surface area contributed by atoms with Gasteiger partial charge >= 0.3 is 12.1 Å². The topological polar surface area (TPSA) is 125 Å². The van der Waals surface area contributed by atoms with E-state index in [-0.39, 0.29) is 0 Å². The normalized spacial score (nSPS) is 23.8. The number of alkyl carbamates (subject to hydrolysis) is 1. The molecule has 3 amide bonds. The van der Waals surface area contributed by atoms with Crippen molar-refractivity contribution in [1.82, 2.24) is 15.5 Å². The molecule has 10 heteroatoms. The molecule has 1 unspecified atom stereocenters. The molecule has 0 saturated carbocycles. The fraction of sp³-hybridized carbons (Fsp3) is 0.429. The maximum atomic E-state index is 13.1. The highest BCUT2D eigenvalue weighted by atomic mass is 32.2. The molecule has 0 bridgehead atoms. The third kappa shape index (κ3) is 4.84. The molecular weight excluding hydrogens is 422 g/mol. The monoisotopic (exact) mass is 447 g/mol. The number of benzene rings is 1. The summed E-state index contributed by atoms with van der Waals surface area (Å²) in [6, 6.07) is 5.50. The van der Waals surface area contributed by atoms with Crippen LogP contribution in [0.15, 0.2) is 42.5 Å². The van der Waals surface area contributed by atoms with Crippen LogP contribution in [0.4, 0.5) is 4.79 Å². The lowest BCUT2D eigenvalue weighted by molar-refractivity contribution is -0.160. The lowest BCUT2D eigenvalue weighted by atomic mass is 9.98. The van der Waals surface area contributed by atoms with Crippen LogP contribution in [0.1, 0.15) is 32.4 Å². The van der Waals surface area contributed by atoms with Crippen molar-refractivity contribution in [2.45, 2.75) is 49.9 Å². The van der Waals surface area contributed by atoms with Gasteiger partial charge in [0, 0.05) is 5.75 Å². The maximum absolute atomic E-state index is 13.1. The minimum absolute atomic E-state index is 0.371. The number of thioether (sulfide) groups is 1. The molecule has 166 valence electrons. The van der Waals surface area contributed by atoms with Crippen LogP contribution in [0.2, 0.25) is 0 Å². The second-order valence-electron chi connectivity index (χ2n) is 8.32. The van der Waals surface area contributed by atoms with Gasteiger partial charge in [-0.1, -0.05) is 36.9 Å². The molecule has 2 fully saturated rings. The van der Waals surface area contributed by atoms with E-state index in [1.165, 1.54) is 16.7 Å². The van der Waals surface area contributed by atoms with Crippen molar-refractivity contribution < 1.29 is 29.0 Å². The number of hydrogen-bond donors (Lipinski definition) is 3. The number of amides is 3. The Kier molecular flexibility index (Phi) is 6.30. The van der Waals surface area contributed by atoms with Crippen molar-refractivity contribution in [3.05, 3.63) is 48.0 Å². The smallest absolute Gasteiger partial charge is 0.408 e. The van der Waals surface area contributed by atoms with Gasteiger partial charge in [-0.15, -0.1) is 11.8 Å². The van der Waals surface area contributed by atoms with Crippen molar-refractivity contribution in [3.8, 4) is 0 Å². The zero-order valence-electron chi connectivity index (χ0n) is 17.5. The zero-order valence-corrected chi connectivity index (χ0v) is 18.3. The van der Waals surface area contributed by atoms with E-state index in [1.807, 2.05) is 0 Å². The largest absolute Gasteiger partial charge is 0.479 e. The Morgan fingerprint density at radius 1 is 1.26 bits per heavy atom. The van der Waals surface area contributed by atoms with Crippen molar-refractivity contribution in [1.29, 1.82) is 0 Å². The summed E-state index contributed by atoms with van der Waals surface area (Å²) in [4.78, 5) is 50.8. The highest BCUT2D eigenvalue weighted by molar-refractivity contribution is 8.00. The first kappa shape index (κ1) is 22.7. The molecule has 2 saturated heterocycles. The Hall–Kier alpha value is -3.01. The highest BCUT2D eigenvalue weighted by Crippen LogP contribution is 2.40. The predicted octanol–water partition coefficient (Wildman–Crippen LogP) is 1.66. The number of β-lactam (4-membered cyclic amide) rings is 1. The molecule has 2 heterocycles. The molecule has 2 aliphatic rings. The lowest BCUT2D eigenvalue weighted by Gasteiger charge is -2.52. The number of nitrogens with one attached hydrogen (secondary N) is 2. The first-order valence-corrected chi connectivity index (χ1v) is 10.7. The van der Waals surface area contributed by atoms with Crippen molar-refractivity contribution >= 4 is 35.6 Å². The SMILES string of the molecule is C=C1CS[C@H]2[C@H](NC(=O)C(NC(=O)OC(C)(C)C)c3ccccc3)C(=O)N2[C@H]1C(=O)O. The Balaban J connectivity index is 1.75. The van der Waals surface area contributed by atoms with E-state index in [1.54, 1.807) is 51.1 Å². The fourth-order valence-corrected chi connectivity index (χ4v) is 4.75. The average molecular weight is 448 g/mol. The Bertz CT molecular complexity index is 913. The van der Waals surface area contributed by atoms with Gasteiger partial charge in [-0.05, 0) is 31.9 Å². The maximum Gasteiger partial charge on any atom is 0.408 e. The van der Waals surface area contributed by atoms with Crippen LogP contribution in [0.25, 0.3) is 0 Å². The number of carbonyl (C=O) groups excluding carboxylic acids is 3. The molecule has 9 nitrogen and oxygen atoms in total. The fourth-order valence-electron chi connectivity index (χ4n) is 3.44. The molecule has 1 aromatic rings. The first-order chi connectivity index (χ1) is 14.5. The number of ether oxygens (including phenoxy) is 1. The summed E-state index contributed by atoms with van der Waals surface area (Å²) in [6.45, 7) is 8.86. The number of hydrogen-bond acceptors (Lipinski definition) is 6. The molecule has 4 atom stereocenters. The Labute approximate surface area is 184 Å². The average Bonchev–Trinajstić information content (AvgIpc) is 2.69. The zero-order chi connectivity index (χ0) is 22.9. The van der Waals surface area contributed by atoms with E-state index >= 15 is 0 Å². The summed E-state index contributed by atoms with van der Waals surface area (Å²) in [5, 5.41) is 14.1. The van der Waals surface area contributed by atoms with Crippen molar-refractivity contribution in [2.75, 3.05) is 5.75 Å². The summed E-state index contributed by atoms with van der Waals surface area (Å²) in [5.41, 5.74) is 0.197. The number of rotatable bonds is 5. The summed E-state index contributed by atoms with van der Waals surface area (Å²) in [7, 11) is 0. The minimum atomic E-state index is -1.15. The van der Waals surface area contributed by atoms with Crippen LogP contribution >= 0.6 is 11.8 Å². The number of fused-ring (bicyclic) bond motifs is 1. The van der Waals surface area contributed by atoms with Crippen molar-refractivity contribution in [2.24, 2.45) is 0 Å². The number of carboxylic acid groups (broad SMARTS) is 1.